The first-order valence-corrected chi connectivity index (χ1v) is 11.1. The molecule has 31 heavy (non-hydrogen) atoms. The van der Waals surface area contributed by atoms with Crippen LogP contribution in [-0.2, 0) is 21.4 Å². The van der Waals surface area contributed by atoms with E-state index in [0.717, 1.165) is 11.1 Å². The topological polar surface area (TPSA) is 104 Å². The first kappa shape index (κ1) is 22.0. The number of carbonyl (C=O) groups is 2. The van der Waals surface area contributed by atoms with Gasteiger partial charge in [0.05, 0.1) is 4.90 Å². The highest BCUT2D eigenvalue weighted by molar-refractivity contribution is 7.92. The van der Waals surface area contributed by atoms with Crippen molar-refractivity contribution in [2.45, 2.75) is 25.3 Å². The van der Waals surface area contributed by atoms with Crippen LogP contribution in [0.3, 0.4) is 0 Å². The third-order valence-electron chi connectivity index (χ3n) is 4.48. The van der Waals surface area contributed by atoms with Gasteiger partial charge in [0.15, 0.2) is 0 Å². The van der Waals surface area contributed by atoms with Crippen LogP contribution in [0, 0.1) is 6.92 Å². The molecule has 0 aliphatic carbocycles. The van der Waals surface area contributed by atoms with E-state index in [2.05, 4.69) is 15.4 Å². The van der Waals surface area contributed by atoms with Crippen molar-refractivity contribution in [3.8, 4) is 0 Å². The summed E-state index contributed by atoms with van der Waals surface area (Å²) in [6.45, 7) is 3.73. The van der Waals surface area contributed by atoms with E-state index in [0.29, 0.717) is 23.5 Å². The van der Waals surface area contributed by atoms with Crippen molar-refractivity contribution >= 4 is 33.2 Å². The highest BCUT2D eigenvalue weighted by Crippen LogP contribution is 2.19. The van der Waals surface area contributed by atoms with Gasteiger partial charge in [-0.1, -0.05) is 29.8 Å². The van der Waals surface area contributed by atoms with Gasteiger partial charge in [-0.15, -0.1) is 0 Å². The summed E-state index contributed by atoms with van der Waals surface area (Å²) in [4.78, 5) is 23.6. The quantitative estimate of drug-likeness (QED) is 0.524. The number of aryl methyl sites for hydroxylation is 1. The number of nitrogens with one attached hydrogen (secondary N) is 3. The van der Waals surface area contributed by atoms with E-state index in [4.69, 9.17) is 0 Å². The number of rotatable bonds is 7. The van der Waals surface area contributed by atoms with E-state index in [1.54, 1.807) is 72.8 Å². The van der Waals surface area contributed by atoms with E-state index < -0.39 is 10.0 Å². The van der Waals surface area contributed by atoms with E-state index >= 15 is 0 Å². The minimum absolute atomic E-state index is 0.119. The summed E-state index contributed by atoms with van der Waals surface area (Å²) in [5.41, 5.74) is 3.25. The molecule has 3 aromatic carbocycles. The van der Waals surface area contributed by atoms with Gasteiger partial charge in [0, 0.05) is 30.4 Å². The van der Waals surface area contributed by atoms with Gasteiger partial charge in [-0.2, -0.15) is 0 Å². The Balaban J connectivity index is 1.61. The van der Waals surface area contributed by atoms with Crippen LogP contribution in [0.4, 0.5) is 11.4 Å². The number of amides is 2. The summed E-state index contributed by atoms with van der Waals surface area (Å²) in [5.74, 6) is -0.412. The number of hydrogen-bond donors (Lipinski definition) is 3. The lowest BCUT2D eigenvalue weighted by atomic mass is 10.1. The highest BCUT2D eigenvalue weighted by atomic mass is 32.2. The number of hydrogen-bond acceptors (Lipinski definition) is 4. The first-order valence-electron chi connectivity index (χ1n) is 9.57. The van der Waals surface area contributed by atoms with Gasteiger partial charge in [0.25, 0.3) is 15.9 Å². The molecule has 0 saturated carbocycles. The molecule has 0 saturated heterocycles. The zero-order valence-electron chi connectivity index (χ0n) is 17.2. The molecule has 2 amide bonds. The molecule has 0 aliphatic rings. The fourth-order valence-electron chi connectivity index (χ4n) is 2.76. The molecule has 3 N–H and O–H groups in total. The molecule has 3 rings (SSSR count). The fourth-order valence-corrected chi connectivity index (χ4v) is 3.82. The normalized spacial score (nSPS) is 10.9. The minimum atomic E-state index is -3.69. The van der Waals surface area contributed by atoms with Crippen LogP contribution in [0.15, 0.2) is 77.7 Å². The molecule has 0 atom stereocenters. The van der Waals surface area contributed by atoms with E-state index in [1.165, 1.54) is 6.92 Å². The van der Waals surface area contributed by atoms with E-state index in [1.807, 2.05) is 6.92 Å². The van der Waals surface area contributed by atoms with Gasteiger partial charge in [-0.3, -0.25) is 14.3 Å². The number of anilines is 2. The van der Waals surface area contributed by atoms with Crippen LogP contribution in [-0.4, -0.2) is 20.2 Å². The zero-order valence-corrected chi connectivity index (χ0v) is 18.0. The fraction of sp³-hybridized carbons (Fsp3) is 0.130. The predicted molar refractivity (Wildman–Crippen MR) is 120 cm³/mol. The monoisotopic (exact) mass is 437 g/mol. The first-order chi connectivity index (χ1) is 14.7. The smallest absolute Gasteiger partial charge is 0.261 e. The van der Waals surface area contributed by atoms with E-state index in [9.17, 15) is 18.0 Å². The van der Waals surface area contributed by atoms with Crippen molar-refractivity contribution in [1.82, 2.24) is 5.32 Å². The van der Waals surface area contributed by atoms with Crippen molar-refractivity contribution in [2.24, 2.45) is 0 Å². The second kappa shape index (κ2) is 9.44. The molecule has 0 bridgehead atoms. The SMILES string of the molecule is CC(=O)NCc1ccc(C(=O)Nc2ccc(NS(=O)(=O)c3ccc(C)cc3)cc2)cc1. The van der Waals surface area contributed by atoms with E-state index in [-0.39, 0.29) is 16.7 Å². The molecular weight excluding hydrogens is 414 g/mol. The second-order valence-corrected chi connectivity index (χ2v) is 8.74. The molecule has 160 valence electrons. The van der Waals surface area contributed by atoms with Gasteiger partial charge < -0.3 is 10.6 Å². The Hall–Kier alpha value is -3.65. The molecule has 0 fully saturated rings. The standard InChI is InChI=1S/C23H23N3O4S/c1-16-3-13-22(14-4-16)31(29,30)26-21-11-9-20(10-12-21)25-23(28)19-7-5-18(6-8-19)15-24-17(2)27/h3-14,26H,15H2,1-2H3,(H,24,27)(H,25,28). The van der Waals surface area contributed by atoms with Crippen LogP contribution >= 0.6 is 0 Å². The van der Waals surface area contributed by atoms with Gasteiger partial charge in [-0.25, -0.2) is 8.42 Å². The molecule has 0 aliphatic heterocycles. The molecule has 8 heteroatoms. The summed E-state index contributed by atoms with van der Waals surface area (Å²) >= 11 is 0. The maximum Gasteiger partial charge on any atom is 0.261 e. The lowest BCUT2D eigenvalue weighted by molar-refractivity contribution is -0.119. The van der Waals surface area contributed by atoms with Crippen molar-refractivity contribution < 1.29 is 18.0 Å². The average Bonchev–Trinajstić information content (AvgIpc) is 2.74. The largest absolute Gasteiger partial charge is 0.352 e. The Morgan fingerprint density at radius 2 is 1.39 bits per heavy atom. The molecule has 7 nitrogen and oxygen atoms in total. The van der Waals surface area contributed by atoms with Crippen LogP contribution in [0.25, 0.3) is 0 Å². The van der Waals surface area contributed by atoms with Crippen molar-refractivity contribution in [1.29, 1.82) is 0 Å². The van der Waals surface area contributed by atoms with Gasteiger partial charge in [0.1, 0.15) is 0 Å². The Morgan fingerprint density at radius 1 is 0.806 bits per heavy atom. The Bertz CT molecular complexity index is 1170. The zero-order chi connectivity index (χ0) is 22.4. The van der Waals surface area contributed by atoms with Crippen molar-refractivity contribution in [3.05, 3.63) is 89.5 Å². The summed E-state index contributed by atoms with van der Waals surface area (Å²) in [6, 6.07) is 19.9. The van der Waals surface area contributed by atoms with Gasteiger partial charge >= 0.3 is 0 Å². The minimum Gasteiger partial charge on any atom is -0.352 e. The Kier molecular flexibility index (Phi) is 6.71. The maximum atomic E-state index is 12.5. The summed E-state index contributed by atoms with van der Waals surface area (Å²) in [6.07, 6.45) is 0. The van der Waals surface area contributed by atoms with Gasteiger partial charge in [0.2, 0.25) is 5.91 Å². The lowest BCUT2D eigenvalue weighted by Gasteiger charge is -2.10. The third-order valence-corrected chi connectivity index (χ3v) is 5.88. The maximum absolute atomic E-state index is 12.5. The molecule has 0 heterocycles. The van der Waals surface area contributed by atoms with Crippen LogP contribution in [0.5, 0.6) is 0 Å². The number of benzene rings is 3. The number of carbonyl (C=O) groups excluding carboxylic acids is 2. The highest BCUT2D eigenvalue weighted by Gasteiger charge is 2.14. The molecule has 3 aromatic rings. The van der Waals surface area contributed by atoms with Crippen LogP contribution in [0.2, 0.25) is 0 Å². The number of sulfonamides is 1. The summed E-state index contributed by atoms with van der Waals surface area (Å²) < 4.78 is 27.5. The Morgan fingerprint density at radius 3 is 1.97 bits per heavy atom. The molecular formula is C23H23N3O4S. The van der Waals surface area contributed by atoms with Crippen LogP contribution in [0.1, 0.15) is 28.4 Å². The molecule has 0 spiro atoms. The third kappa shape index (κ3) is 6.16. The van der Waals surface area contributed by atoms with Crippen molar-refractivity contribution in [3.63, 3.8) is 0 Å². The summed E-state index contributed by atoms with van der Waals surface area (Å²) in [5, 5.41) is 5.47. The molecule has 0 radical (unpaired) electrons. The average molecular weight is 438 g/mol. The van der Waals surface area contributed by atoms with Crippen LogP contribution < -0.4 is 15.4 Å². The summed E-state index contributed by atoms with van der Waals surface area (Å²) in [7, 11) is -3.69. The lowest BCUT2D eigenvalue weighted by Crippen LogP contribution is -2.19. The predicted octanol–water partition coefficient (Wildman–Crippen LogP) is 3.68. The molecule has 0 unspecified atom stereocenters. The second-order valence-electron chi connectivity index (χ2n) is 7.06. The van der Waals surface area contributed by atoms with Gasteiger partial charge in [-0.05, 0) is 61.0 Å². The molecule has 0 aromatic heterocycles. The Labute approximate surface area is 181 Å². The van der Waals surface area contributed by atoms with Crippen molar-refractivity contribution in [2.75, 3.05) is 10.0 Å².